The van der Waals surface area contributed by atoms with Crippen molar-refractivity contribution in [3.8, 4) is 0 Å². The van der Waals surface area contributed by atoms with Crippen molar-refractivity contribution in [2.45, 2.75) is 71.3 Å². The van der Waals surface area contributed by atoms with Crippen molar-refractivity contribution in [1.29, 1.82) is 0 Å². The number of nitrogens with one attached hydrogen (secondary N) is 1. The van der Waals surface area contributed by atoms with E-state index in [9.17, 15) is 0 Å². The minimum absolute atomic E-state index is 0.692. The fourth-order valence-electron chi connectivity index (χ4n) is 4.40. The predicted octanol–water partition coefficient (Wildman–Crippen LogP) is 3.91. The quantitative estimate of drug-likeness (QED) is 0.610. The number of hydrogen-bond acceptors (Lipinski definition) is 2. The van der Waals surface area contributed by atoms with Gasteiger partial charge in [0.15, 0.2) is 0 Å². The van der Waals surface area contributed by atoms with Crippen LogP contribution in [-0.4, -0.2) is 37.6 Å². The number of nitrogens with zero attached hydrogens (tertiary/aromatic N) is 1. The maximum Gasteiger partial charge on any atom is 0.0104 e. The summed E-state index contributed by atoms with van der Waals surface area (Å²) in [5, 5.41) is 3.69. The number of likely N-dealkylation sites (N-methyl/N-ethyl adjacent to an activating group) is 1. The van der Waals surface area contributed by atoms with Crippen LogP contribution in [-0.2, 0) is 0 Å². The third-order valence-electron chi connectivity index (χ3n) is 5.66. The first kappa shape index (κ1) is 16.3. The third kappa shape index (κ3) is 5.04. The van der Waals surface area contributed by atoms with Gasteiger partial charge in [-0.3, -0.25) is 0 Å². The minimum Gasteiger partial charge on any atom is -0.313 e. The van der Waals surface area contributed by atoms with E-state index in [1.54, 1.807) is 6.42 Å². The van der Waals surface area contributed by atoms with Crippen LogP contribution in [0.1, 0.15) is 65.2 Å². The molecule has 0 aromatic heterocycles. The van der Waals surface area contributed by atoms with Crippen molar-refractivity contribution in [1.82, 2.24) is 10.2 Å². The summed E-state index contributed by atoms with van der Waals surface area (Å²) in [5.41, 5.74) is 0. The van der Waals surface area contributed by atoms with Crippen LogP contribution in [0.2, 0.25) is 0 Å². The highest BCUT2D eigenvalue weighted by Crippen LogP contribution is 2.48. The van der Waals surface area contributed by atoms with E-state index in [1.165, 1.54) is 58.0 Å². The van der Waals surface area contributed by atoms with Gasteiger partial charge in [0.25, 0.3) is 0 Å². The van der Waals surface area contributed by atoms with Gasteiger partial charge in [0.2, 0.25) is 0 Å². The van der Waals surface area contributed by atoms with E-state index in [0.717, 1.165) is 24.3 Å². The smallest absolute Gasteiger partial charge is 0.0104 e. The summed E-state index contributed by atoms with van der Waals surface area (Å²) in [6, 6.07) is 0.692. The van der Waals surface area contributed by atoms with E-state index < -0.39 is 0 Å². The second-order valence-electron chi connectivity index (χ2n) is 7.55. The monoisotopic (exact) mass is 280 g/mol. The largest absolute Gasteiger partial charge is 0.313 e. The van der Waals surface area contributed by atoms with Gasteiger partial charge in [-0.15, -0.1) is 0 Å². The number of hydrogen-bond donors (Lipinski definition) is 1. The summed E-state index contributed by atoms with van der Waals surface area (Å²) in [6.07, 6.45) is 11.6. The molecule has 2 bridgehead atoms. The Morgan fingerprint density at radius 3 is 2.70 bits per heavy atom. The third-order valence-corrected chi connectivity index (χ3v) is 5.66. The van der Waals surface area contributed by atoms with Crippen molar-refractivity contribution in [3.05, 3.63) is 0 Å². The van der Waals surface area contributed by atoms with E-state index in [4.69, 9.17) is 0 Å². The molecule has 0 heterocycles. The average molecular weight is 280 g/mol. The number of unbranched alkanes of at least 4 members (excludes halogenated alkanes) is 2. The van der Waals surface area contributed by atoms with Gasteiger partial charge >= 0.3 is 0 Å². The van der Waals surface area contributed by atoms with Crippen molar-refractivity contribution in [2.75, 3.05) is 26.7 Å². The molecule has 0 spiro atoms. The topological polar surface area (TPSA) is 15.3 Å². The Bertz CT molecular complexity index is 266. The Labute approximate surface area is 126 Å². The minimum atomic E-state index is 0.692. The highest BCUT2D eigenvalue weighted by Gasteiger charge is 2.39. The summed E-state index contributed by atoms with van der Waals surface area (Å²) < 4.78 is 0. The van der Waals surface area contributed by atoms with Crippen LogP contribution in [0.3, 0.4) is 0 Å². The Kier molecular flexibility index (Phi) is 6.83. The molecule has 2 nitrogen and oxygen atoms in total. The number of fused-ring (bicyclic) bond motifs is 2. The van der Waals surface area contributed by atoms with E-state index in [2.05, 4.69) is 31.1 Å². The first-order valence-electron chi connectivity index (χ1n) is 9.11. The van der Waals surface area contributed by atoms with Crippen molar-refractivity contribution >= 4 is 0 Å². The van der Waals surface area contributed by atoms with Crippen LogP contribution >= 0.6 is 0 Å². The molecular formula is C18H36N2. The van der Waals surface area contributed by atoms with Crippen LogP contribution in [0.5, 0.6) is 0 Å². The van der Waals surface area contributed by atoms with Crippen LogP contribution in [0.15, 0.2) is 0 Å². The molecule has 0 radical (unpaired) electrons. The molecular weight excluding hydrogens is 244 g/mol. The second-order valence-corrected chi connectivity index (χ2v) is 7.55. The lowest BCUT2D eigenvalue weighted by Crippen LogP contribution is -2.37. The Balaban J connectivity index is 1.51. The van der Waals surface area contributed by atoms with Gasteiger partial charge in [-0.05, 0) is 57.4 Å². The molecule has 0 aromatic carbocycles. The zero-order chi connectivity index (χ0) is 14.4. The van der Waals surface area contributed by atoms with Crippen molar-refractivity contribution < 1.29 is 0 Å². The molecule has 2 aliphatic carbocycles. The molecule has 0 aliphatic heterocycles. The van der Waals surface area contributed by atoms with Crippen LogP contribution < -0.4 is 5.32 Å². The van der Waals surface area contributed by atoms with E-state index in [1.807, 2.05) is 0 Å². The average Bonchev–Trinajstić information content (AvgIpc) is 3.01. The van der Waals surface area contributed by atoms with Crippen LogP contribution in [0, 0.1) is 17.8 Å². The fraction of sp³-hybridized carbons (Fsp3) is 1.00. The Morgan fingerprint density at radius 1 is 1.20 bits per heavy atom. The fourth-order valence-corrected chi connectivity index (χ4v) is 4.40. The maximum absolute atomic E-state index is 3.69. The molecule has 20 heavy (non-hydrogen) atoms. The number of rotatable bonds is 10. The summed E-state index contributed by atoms with van der Waals surface area (Å²) in [5.74, 6) is 3.18. The normalized spacial score (nSPS) is 30.3. The highest BCUT2D eigenvalue weighted by atomic mass is 15.1. The van der Waals surface area contributed by atoms with Crippen molar-refractivity contribution in [2.24, 2.45) is 17.8 Å². The highest BCUT2D eigenvalue weighted by molar-refractivity contribution is 4.90. The molecule has 2 aliphatic rings. The maximum atomic E-state index is 3.69. The summed E-state index contributed by atoms with van der Waals surface area (Å²) in [6.45, 7) is 8.33. The van der Waals surface area contributed by atoms with Crippen LogP contribution in [0.25, 0.3) is 0 Å². The van der Waals surface area contributed by atoms with E-state index in [0.29, 0.717) is 6.04 Å². The van der Waals surface area contributed by atoms with Gasteiger partial charge in [0.1, 0.15) is 0 Å². The Hall–Kier alpha value is -0.0800. The first-order valence-corrected chi connectivity index (χ1v) is 9.11. The van der Waals surface area contributed by atoms with Gasteiger partial charge in [0.05, 0.1) is 0 Å². The molecule has 2 rings (SSSR count). The molecule has 0 amide bonds. The predicted molar refractivity (Wildman–Crippen MR) is 88.0 cm³/mol. The second kappa shape index (κ2) is 8.38. The molecule has 2 saturated carbocycles. The van der Waals surface area contributed by atoms with E-state index >= 15 is 0 Å². The molecule has 0 aromatic rings. The summed E-state index contributed by atoms with van der Waals surface area (Å²) in [4.78, 5) is 2.57. The lowest BCUT2D eigenvalue weighted by Gasteiger charge is -2.27. The van der Waals surface area contributed by atoms with Gasteiger partial charge in [-0.25, -0.2) is 0 Å². The zero-order valence-corrected chi connectivity index (χ0v) is 14.0. The SMILES string of the molecule is CCCCCC(C)NCCN(C)CC1CC2CCC1C2. The Morgan fingerprint density at radius 2 is 2.05 bits per heavy atom. The van der Waals surface area contributed by atoms with Gasteiger partial charge in [-0.1, -0.05) is 32.6 Å². The molecule has 4 atom stereocenters. The lowest BCUT2D eigenvalue weighted by molar-refractivity contribution is 0.218. The molecule has 0 saturated heterocycles. The molecule has 2 fully saturated rings. The van der Waals surface area contributed by atoms with Gasteiger partial charge < -0.3 is 10.2 Å². The zero-order valence-electron chi connectivity index (χ0n) is 14.0. The summed E-state index contributed by atoms with van der Waals surface area (Å²) in [7, 11) is 2.31. The molecule has 118 valence electrons. The molecule has 1 N–H and O–H groups in total. The first-order chi connectivity index (χ1) is 9.69. The van der Waals surface area contributed by atoms with Gasteiger partial charge in [0, 0.05) is 25.7 Å². The van der Waals surface area contributed by atoms with Crippen molar-refractivity contribution in [3.63, 3.8) is 0 Å². The van der Waals surface area contributed by atoms with E-state index in [-0.39, 0.29) is 0 Å². The molecule has 2 heteroatoms. The molecule has 4 unspecified atom stereocenters. The lowest BCUT2D eigenvalue weighted by atomic mass is 9.88. The summed E-state index contributed by atoms with van der Waals surface area (Å²) >= 11 is 0. The standard InChI is InChI=1S/C18H36N2/c1-4-5-6-7-15(2)19-10-11-20(3)14-18-13-16-8-9-17(18)12-16/h15-19H,4-14H2,1-3H3. The van der Waals surface area contributed by atoms with Crippen LogP contribution in [0.4, 0.5) is 0 Å². The van der Waals surface area contributed by atoms with Gasteiger partial charge in [-0.2, -0.15) is 0 Å².